The predicted octanol–water partition coefficient (Wildman–Crippen LogP) is 1.27. The molecule has 0 N–H and O–H groups in total. The zero-order valence-electron chi connectivity index (χ0n) is 10.0. The van der Waals surface area contributed by atoms with E-state index in [1.54, 1.807) is 0 Å². The maximum absolute atomic E-state index is 5.94. The molecule has 0 amide bonds. The van der Waals surface area contributed by atoms with E-state index in [2.05, 4.69) is 9.80 Å². The Kier molecular flexibility index (Phi) is 5.36. The van der Waals surface area contributed by atoms with Crippen molar-refractivity contribution in [3.05, 3.63) is 0 Å². The lowest BCUT2D eigenvalue weighted by atomic mass is 10.0. The molecule has 1 unspecified atom stereocenters. The van der Waals surface area contributed by atoms with Crippen LogP contribution in [0.25, 0.3) is 0 Å². The van der Waals surface area contributed by atoms with E-state index in [-0.39, 0.29) is 0 Å². The summed E-state index contributed by atoms with van der Waals surface area (Å²) >= 11 is 5.94. The third kappa shape index (κ3) is 3.88. The smallest absolute Gasteiger partial charge is 0.0594 e. The minimum Gasteiger partial charge on any atom is -0.379 e. The second-order valence-corrected chi connectivity index (χ2v) is 5.23. The van der Waals surface area contributed by atoms with E-state index in [0.717, 1.165) is 38.1 Å². The molecular weight excluding hydrogens is 224 g/mol. The van der Waals surface area contributed by atoms with Gasteiger partial charge >= 0.3 is 0 Å². The van der Waals surface area contributed by atoms with Crippen LogP contribution < -0.4 is 0 Å². The number of hydrogen-bond donors (Lipinski definition) is 0. The van der Waals surface area contributed by atoms with Crippen LogP contribution in [0.2, 0.25) is 0 Å². The zero-order chi connectivity index (χ0) is 11.2. The van der Waals surface area contributed by atoms with Gasteiger partial charge in [0, 0.05) is 38.6 Å². The molecule has 94 valence electrons. The first-order valence-corrected chi connectivity index (χ1v) is 7.00. The highest BCUT2D eigenvalue weighted by Crippen LogP contribution is 2.17. The summed E-state index contributed by atoms with van der Waals surface area (Å²) in [5, 5.41) is 0. The number of likely N-dealkylation sites (tertiary alicyclic amines) is 1. The van der Waals surface area contributed by atoms with Crippen molar-refractivity contribution in [1.29, 1.82) is 0 Å². The monoisotopic (exact) mass is 246 g/mol. The highest BCUT2D eigenvalue weighted by atomic mass is 35.5. The molecule has 0 spiro atoms. The summed E-state index contributed by atoms with van der Waals surface area (Å²) in [4.78, 5) is 5.08. The van der Waals surface area contributed by atoms with E-state index in [4.69, 9.17) is 16.3 Å². The Labute approximate surface area is 104 Å². The molecule has 2 saturated heterocycles. The largest absolute Gasteiger partial charge is 0.379 e. The Morgan fingerprint density at radius 2 is 1.81 bits per heavy atom. The lowest BCUT2D eigenvalue weighted by molar-refractivity contribution is 0.0312. The summed E-state index contributed by atoms with van der Waals surface area (Å²) in [6.45, 7) is 8.88. The second kappa shape index (κ2) is 6.80. The topological polar surface area (TPSA) is 15.7 Å². The summed E-state index contributed by atoms with van der Waals surface area (Å²) in [5.74, 6) is 1.55. The van der Waals surface area contributed by atoms with Crippen LogP contribution in [0, 0.1) is 5.92 Å². The first-order chi connectivity index (χ1) is 7.88. The number of piperidine rings is 1. The van der Waals surface area contributed by atoms with Gasteiger partial charge in [0.1, 0.15) is 0 Å². The molecule has 4 heteroatoms. The highest BCUT2D eigenvalue weighted by Gasteiger charge is 2.19. The molecule has 2 fully saturated rings. The number of hydrogen-bond acceptors (Lipinski definition) is 3. The fourth-order valence-electron chi connectivity index (χ4n) is 2.59. The van der Waals surface area contributed by atoms with Gasteiger partial charge in [-0.2, -0.15) is 0 Å². The maximum atomic E-state index is 5.94. The number of alkyl halides is 1. The van der Waals surface area contributed by atoms with Crippen molar-refractivity contribution in [2.45, 2.75) is 12.8 Å². The molecule has 2 heterocycles. The van der Waals surface area contributed by atoms with Crippen molar-refractivity contribution < 1.29 is 4.74 Å². The molecular formula is C12H23ClN2O. The Balaban J connectivity index is 1.64. The minimum atomic E-state index is 0.722. The van der Waals surface area contributed by atoms with Crippen LogP contribution in [0.3, 0.4) is 0 Å². The third-order valence-electron chi connectivity index (χ3n) is 3.66. The van der Waals surface area contributed by atoms with Gasteiger partial charge in [0.25, 0.3) is 0 Å². The van der Waals surface area contributed by atoms with E-state index in [9.17, 15) is 0 Å². The Bertz CT molecular complexity index is 197. The molecule has 0 radical (unpaired) electrons. The number of rotatable bonds is 4. The molecule has 0 bridgehead atoms. The molecule has 0 aromatic heterocycles. The fourth-order valence-corrected chi connectivity index (χ4v) is 2.84. The average molecular weight is 247 g/mol. The van der Waals surface area contributed by atoms with Crippen LogP contribution in [0.1, 0.15) is 12.8 Å². The van der Waals surface area contributed by atoms with Crippen LogP contribution in [0.4, 0.5) is 0 Å². The third-order valence-corrected chi connectivity index (χ3v) is 4.09. The van der Waals surface area contributed by atoms with E-state index in [0.29, 0.717) is 0 Å². The standard InChI is InChI=1S/C12H23ClN2O/c13-10-12-2-1-3-15(11-12)5-4-14-6-8-16-9-7-14/h12H,1-11H2. The Morgan fingerprint density at radius 1 is 1.06 bits per heavy atom. The van der Waals surface area contributed by atoms with Crippen LogP contribution >= 0.6 is 11.6 Å². The van der Waals surface area contributed by atoms with Crippen LogP contribution in [-0.4, -0.2) is 68.2 Å². The Hall–Kier alpha value is 0.170. The van der Waals surface area contributed by atoms with E-state index in [1.807, 2.05) is 0 Å². The van der Waals surface area contributed by atoms with Gasteiger partial charge in [-0.15, -0.1) is 11.6 Å². The Morgan fingerprint density at radius 3 is 2.56 bits per heavy atom. The van der Waals surface area contributed by atoms with Gasteiger partial charge in [0.2, 0.25) is 0 Å². The maximum Gasteiger partial charge on any atom is 0.0594 e. The average Bonchev–Trinajstić information content (AvgIpc) is 2.38. The first-order valence-electron chi connectivity index (χ1n) is 6.47. The molecule has 3 nitrogen and oxygen atoms in total. The van der Waals surface area contributed by atoms with Gasteiger partial charge in [0.15, 0.2) is 0 Å². The predicted molar refractivity (Wildman–Crippen MR) is 67.1 cm³/mol. The van der Waals surface area contributed by atoms with Crippen LogP contribution in [0.5, 0.6) is 0 Å². The van der Waals surface area contributed by atoms with Crippen molar-refractivity contribution in [1.82, 2.24) is 9.80 Å². The van der Waals surface area contributed by atoms with Gasteiger partial charge in [-0.3, -0.25) is 4.90 Å². The molecule has 16 heavy (non-hydrogen) atoms. The van der Waals surface area contributed by atoms with Gasteiger partial charge in [0.05, 0.1) is 13.2 Å². The number of nitrogens with zero attached hydrogens (tertiary/aromatic N) is 2. The quantitative estimate of drug-likeness (QED) is 0.695. The molecule has 0 aromatic carbocycles. The van der Waals surface area contributed by atoms with E-state index in [1.165, 1.54) is 39.0 Å². The van der Waals surface area contributed by atoms with Crippen molar-refractivity contribution in [3.8, 4) is 0 Å². The first kappa shape index (κ1) is 12.6. The van der Waals surface area contributed by atoms with Gasteiger partial charge in [-0.25, -0.2) is 0 Å². The number of morpholine rings is 1. The highest BCUT2D eigenvalue weighted by molar-refractivity contribution is 6.18. The van der Waals surface area contributed by atoms with Crippen LogP contribution in [-0.2, 0) is 4.74 Å². The summed E-state index contributed by atoms with van der Waals surface area (Å²) in [6.07, 6.45) is 2.64. The molecule has 0 aromatic rings. The zero-order valence-corrected chi connectivity index (χ0v) is 10.8. The van der Waals surface area contributed by atoms with E-state index >= 15 is 0 Å². The molecule has 0 saturated carbocycles. The molecule has 1 atom stereocenters. The van der Waals surface area contributed by atoms with Gasteiger partial charge < -0.3 is 9.64 Å². The molecule has 2 rings (SSSR count). The minimum absolute atomic E-state index is 0.722. The summed E-state index contributed by atoms with van der Waals surface area (Å²) < 4.78 is 5.35. The van der Waals surface area contributed by atoms with E-state index < -0.39 is 0 Å². The normalized spacial score (nSPS) is 29.4. The van der Waals surface area contributed by atoms with Gasteiger partial charge in [-0.05, 0) is 25.3 Å². The number of halogens is 1. The summed E-state index contributed by atoms with van der Waals surface area (Å²) in [7, 11) is 0. The lowest BCUT2D eigenvalue weighted by Gasteiger charge is -2.34. The lowest BCUT2D eigenvalue weighted by Crippen LogP contribution is -2.44. The van der Waals surface area contributed by atoms with Gasteiger partial charge in [-0.1, -0.05) is 0 Å². The fraction of sp³-hybridized carbons (Fsp3) is 1.00. The van der Waals surface area contributed by atoms with Crippen LogP contribution in [0.15, 0.2) is 0 Å². The van der Waals surface area contributed by atoms with Crippen molar-refractivity contribution >= 4 is 11.6 Å². The summed E-state index contributed by atoms with van der Waals surface area (Å²) in [5.41, 5.74) is 0. The van der Waals surface area contributed by atoms with Crippen molar-refractivity contribution in [2.75, 3.05) is 58.4 Å². The molecule has 2 aliphatic heterocycles. The SMILES string of the molecule is ClCC1CCCN(CCN2CCOCC2)C1. The van der Waals surface area contributed by atoms with Crippen molar-refractivity contribution in [3.63, 3.8) is 0 Å². The number of ether oxygens (including phenoxy) is 1. The van der Waals surface area contributed by atoms with Crippen molar-refractivity contribution in [2.24, 2.45) is 5.92 Å². The second-order valence-electron chi connectivity index (χ2n) is 4.92. The summed E-state index contributed by atoms with van der Waals surface area (Å²) in [6, 6.07) is 0. The molecule has 0 aliphatic carbocycles. The molecule has 2 aliphatic rings.